The Bertz CT molecular complexity index is 1450. The quantitative estimate of drug-likeness (QED) is 0.200. The molecule has 0 aliphatic rings. The average Bonchev–Trinajstić information content (AvgIpc) is 3.54. The molecule has 0 radical (unpaired) electrons. The highest BCUT2D eigenvalue weighted by molar-refractivity contribution is 8.00. The Kier molecular flexibility index (Phi) is 7.43. The van der Waals surface area contributed by atoms with Crippen molar-refractivity contribution < 1.29 is 4.79 Å². The van der Waals surface area contributed by atoms with Gasteiger partial charge in [-0.2, -0.15) is 0 Å². The van der Waals surface area contributed by atoms with Gasteiger partial charge in [0.05, 0.1) is 32.4 Å². The second-order valence-electron chi connectivity index (χ2n) is 7.91. The van der Waals surface area contributed by atoms with Crippen molar-refractivity contribution in [3.63, 3.8) is 0 Å². The smallest absolute Gasteiger partial charge is 0.239 e. The van der Waals surface area contributed by atoms with Crippen molar-refractivity contribution in [2.24, 2.45) is 0 Å². The van der Waals surface area contributed by atoms with Gasteiger partial charge in [-0.25, -0.2) is 9.97 Å². The number of thioether (sulfide) groups is 1. The molecular weight excluding hydrogens is 531 g/mol. The van der Waals surface area contributed by atoms with Crippen LogP contribution in [-0.4, -0.2) is 26.1 Å². The lowest BCUT2D eigenvalue weighted by Gasteiger charge is -2.08. The first kappa shape index (κ1) is 24.6. The van der Waals surface area contributed by atoms with Crippen molar-refractivity contribution in [2.45, 2.75) is 17.3 Å². The lowest BCUT2D eigenvalue weighted by Crippen LogP contribution is -2.22. The van der Waals surface area contributed by atoms with Crippen LogP contribution in [0.3, 0.4) is 0 Å². The highest BCUT2D eigenvalue weighted by atomic mass is 35.5. The van der Waals surface area contributed by atoms with Crippen LogP contribution in [0.25, 0.3) is 33.8 Å². The molecule has 2 N–H and O–H groups in total. The lowest BCUT2D eigenvalue weighted by molar-refractivity contribution is -0.115. The molecule has 0 aliphatic heterocycles. The molecule has 36 heavy (non-hydrogen) atoms. The van der Waals surface area contributed by atoms with Gasteiger partial charge in [0, 0.05) is 22.1 Å². The standard InChI is InChI=1S/C27H20Cl2N4OS2/c1-16(25(34)33-26-30-22(15-35-26)19-12-13-20(28)21(29)14-19)36-27-31-23(17-8-4-2-5-9-17)24(32-27)18-10-6-3-7-11-18/h2-16H,1H3,(H,31,32)(H,30,33,34). The predicted molar refractivity (Wildman–Crippen MR) is 151 cm³/mol. The molecule has 0 saturated heterocycles. The van der Waals surface area contributed by atoms with E-state index in [2.05, 4.69) is 15.3 Å². The summed E-state index contributed by atoms with van der Waals surface area (Å²) in [4.78, 5) is 25.7. The molecule has 0 spiro atoms. The van der Waals surface area contributed by atoms with Crippen LogP contribution in [0.1, 0.15) is 6.92 Å². The van der Waals surface area contributed by atoms with Crippen molar-refractivity contribution in [1.82, 2.24) is 15.0 Å². The third-order valence-corrected chi connectivity index (χ3v) is 7.88. The van der Waals surface area contributed by atoms with Crippen molar-refractivity contribution in [3.8, 4) is 33.8 Å². The molecule has 1 atom stereocenters. The number of imidazole rings is 1. The number of thiazole rings is 1. The maximum atomic E-state index is 12.9. The Hall–Kier alpha value is -3.10. The van der Waals surface area contributed by atoms with E-state index in [0.717, 1.165) is 33.8 Å². The second-order valence-corrected chi connectivity index (χ2v) is 10.9. The van der Waals surface area contributed by atoms with E-state index in [1.165, 1.54) is 23.1 Å². The first-order valence-electron chi connectivity index (χ1n) is 11.1. The molecule has 2 heterocycles. The van der Waals surface area contributed by atoms with Gasteiger partial charge in [0.15, 0.2) is 10.3 Å². The number of aromatic nitrogens is 3. The van der Waals surface area contributed by atoms with Crippen LogP contribution in [0.4, 0.5) is 5.13 Å². The number of hydrogen-bond donors (Lipinski definition) is 2. The molecule has 2 aromatic heterocycles. The molecule has 0 fully saturated rings. The molecule has 3 aromatic carbocycles. The van der Waals surface area contributed by atoms with Gasteiger partial charge in [-0.15, -0.1) is 11.3 Å². The van der Waals surface area contributed by atoms with Gasteiger partial charge in [0.1, 0.15) is 0 Å². The van der Waals surface area contributed by atoms with E-state index >= 15 is 0 Å². The summed E-state index contributed by atoms with van der Waals surface area (Å²) in [5.74, 6) is -0.158. The van der Waals surface area contributed by atoms with Crippen LogP contribution in [0.15, 0.2) is 89.4 Å². The number of hydrogen-bond acceptors (Lipinski definition) is 5. The Balaban J connectivity index is 1.32. The minimum Gasteiger partial charge on any atom is -0.332 e. The predicted octanol–water partition coefficient (Wildman–Crippen LogP) is 8.29. The topological polar surface area (TPSA) is 70.7 Å². The third-order valence-electron chi connectivity index (χ3n) is 5.40. The van der Waals surface area contributed by atoms with Crippen LogP contribution in [0.5, 0.6) is 0 Å². The number of aromatic amines is 1. The van der Waals surface area contributed by atoms with Crippen LogP contribution in [0.2, 0.25) is 10.0 Å². The average molecular weight is 552 g/mol. The molecule has 0 saturated carbocycles. The number of halogens is 2. The largest absolute Gasteiger partial charge is 0.332 e. The molecule has 5 aromatic rings. The number of nitrogens with zero attached hydrogens (tertiary/aromatic N) is 2. The maximum absolute atomic E-state index is 12.9. The highest BCUT2D eigenvalue weighted by Crippen LogP contribution is 2.34. The van der Waals surface area contributed by atoms with E-state index in [1.807, 2.05) is 79.0 Å². The summed E-state index contributed by atoms with van der Waals surface area (Å²) in [7, 11) is 0. The number of carbonyl (C=O) groups excluding carboxylic acids is 1. The fourth-order valence-electron chi connectivity index (χ4n) is 3.57. The highest BCUT2D eigenvalue weighted by Gasteiger charge is 2.21. The van der Waals surface area contributed by atoms with E-state index in [1.54, 1.807) is 12.1 Å². The van der Waals surface area contributed by atoms with Gasteiger partial charge < -0.3 is 10.3 Å². The summed E-state index contributed by atoms with van der Waals surface area (Å²) < 4.78 is 0. The zero-order chi connectivity index (χ0) is 25.1. The van der Waals surface area contributed by atoms with Gasteiger partial charge in [0.25, 0.3) is 0 Å². The molecule has 5 rings (SSSR count). The van der Waals surface area contributed by atoms with Crippen LogP contribution >= 0.6 is 46.3 Å². The van der Waals surface area contributed by atoms with Crippen molar-refractivity contribution in [1.29, 1.82) is 0 Å². The minimum atomic E-state index is -0.402. The summed E-state index contributed by atoms with van der Waals surface area (Å²) in [6.45, 7) is 1.85. The molecule has 0 aliphatic carbocycles. The first-order chi connectivity index (χ1) is 17.5. The molecule has 1 amide bonds. The van der Waals surface area contributed by atoms with Crippen molar-refractivity contribution in [2.75, 3.05) is 5.32 Å². The number of carbonyl (C=O) groups is 1. The normalized spacial score (nSPS) is 11.9. The summed E-state index contributed by atoms with van der Waals surface area (Å²) >= 11 is 14.9. The number of benzene rings is 3. The van der Waals surface area contributed by atoms with Crippen molar-refractivity contribution in [3.05, 3.63) is 94.3 Å². The minimum absolute atomic E-state index is 0.158. The van der Waals surface area contributed by atoms with Gasteiger partial charge in [-0.3, -0.25) is 4.79 Å². The van der Waals surface area contributed by atoms with E-state index in [4.69, 9.17) is 28.2 Å². The van der Waals surface area contributed by atoms with Crippen LogP contribution in [-0.2, 0) is 4.79 Å². The molecular formula is C27H20Cl2N4OS2. The number of nitrogens with one attached hydrogen (secondary N) is 2. The molecule has 180 valence electrons. The van der Waals surface area contributed by atoms with Crippen LogP contribution in [0, 0.1) is 0 Å². The first-order valence-corrected chi connectivity index (χ1v) is 13.6. The summed E-state index contributed by atoms with van der Waals surface area (Å²) in [6, 6.07) is 25.4. The van der Waals surface area contributed by atoms with Gasteiger partial charge in [-0.1, -0.05) is 102 Å². The van der Waals surface area contributed by atoms with Gasteiger partial charge in [0.2, 0.25) is 5.91 Å². The lowest BCUT2D eigenvalue weighted by atomic mass is 10.1. The summed E-state index contributed by atoms with van der Waals surface area (Å²) in [5.41, 5.74) is 5.37. The maximum Gasteiger partial charge on any atom is 0.239 e. The van der Waals surface area contributed by atoms with E-state index in [9.17, 15) is 4.79 Å². The SMILES string of the molecule is CC(Sc1nc(-c2ccccc2)c(-c2ccccc2)[nH]1)C(=O)Nc1nc(-c2ccc(Cl)c(Cl)c2)cs1. The fourth-order valence-corrected chi connectivity index (χ4v) is 5.40. The molecule has 9 heteroatoms. The summed E-state index contributed by atoms with van der Waals surface area (Å²) in [5, 5.41) is 6.51. The fraction of sp³-hybridized carbons (Fsp3) is 0.0741. The number of anilines is 1. The van der Waals surface area contributed by atoms with Gasteiger partial charge in [-0.05, 0) is 19.1 Å². The number of rotatable bonds is 7. The number of H-pyrrole nitrogens is 1. The van der Waals surface area contributed by atoms with E-state index in [-0.39, 0.29) is 5.91 Å². The Morgan fingerprint density at radius 3 is 2.31 bits per heavy atom. The molecule has 1 unspecified atom stereocenters. The summed E-state index contributed by atoms with van der Waals surface area (Å²) in [6.07, 6.45) is 0. The van der Waals surface area contributed by atoms with E-state index in [0.29, 0.717) is 20.3 Å². The zero-order valence-corrected chi connectivity index (χ0v) is 22.2. The zero-order valence-electron chi connectivity index (χ0n) is 19.0. The molecule has 5 nitrogen and oxygen atoms in total. The Labute approximate surface area is 226 Å². The third kappa shape index (κ3) is 5.50. The Morgan fingerprint density at radius 1 is 0.917 bits per heavy atom. The Morgan fingerprint density at radius 2 is 1.61 bits per heavy atom. The van der Waals surface area contributed by atoms with Gasteiger partial charge >= 0.3 is 0 Å². The van der Waals surface area contributed by atoms with Crippen molar-refractivity contribution >= 4 is 57.3 Å². The van der Waals surface area contributed by atoms with Crippen LogP contribution < -0.4 is 5.32 Å². The molecule has 0 bridgehead atoms. The second kappa shape index (κ2) is 10.9. The monoisotopic (exact) mass is 550 g/mol. The van der Waals surface area contributed by atoms with E-state index < -0.39 is 5.25 Å². The number of amides is 1.